The number of carbonyl (C=O) groups is 1. The number of benzene rings is 1. The van der Waals surface area contributed by atoms with Crippen molar-refractivity contribution in [2.45, 2.75) is 39.7 Å². The van der Waals surface area contributed by atoms with E-state index in [9.17, 15) is 9.90 Å². The molecule has 0 saturated heterocycles. The van der Waals surface area contributed by atoms with Crippen molar-refractivity contribution in [1.29, 1.82) is 0 Å². The normalized spacial score (nSPS) is 23.4. The number of aromatic nitrogens is 2. The highest BCUT2D eigenvalue weighted by molar-refractivity contribution is 6.35. The summed E-state index contributed by atoms with van der Waals surface area (Å²) < 4.78 is 2.10. The van der Waals surface area contributed by atoms with E-state index in [4.69, 9.17) is 16.6 Å². The number of aliphatic carboxylic acids is 1. The summed E-state index contributed by atoms with van der Waals surface area (Å²) >= 11 is 6.33. The van der Waals surface area contributed by atoms with Gasteiger partial charge in [-0.05, 0) is 24.0 Å². The molecule has 1 aliphatic carbocycles. The Morgan fingerprint density at radius 3 is 2.76 bits per heavy atom. The Labute approximate surface area is 128 Å². The highest BCUT2D eigenvalue weighted by atomic mass is 35.5. The minimum Gasteiger partial charge on any atom is -0.481 e. The summed E-state index contributed by atoms with van der Waals surface area (Å²) in [6, 6.07) is 5.67. The number of imidazole rings is 1. The third kappa shape index (κ3) is 2.04. The van der Waals surface area contributed by atoms with Crippen molar-refractivity contribution < 1.29 is 9.90 Å². The van der Waals surface area contributed by atoms with E-state index in [0.717, 1.165) is 29.8 Å². The maximum atomic E-state index is 11.4. The number of rotatable bonds is 4. The molecule has 1 saturated carbocycles. The fourth-order valence-electron chi connectivity index (χ4n) is 3.43. The lowest BCUT2D eigenvalue weighted by molar-refractivity contribution is -0.139. The van der Waals surface area contributed by atoms with Crippen molar-refractivity contribution in [3.05, 3.63) is 29.0 Å². The summed E-state index contributed by atoms with van der Waals surface area (Å²) in [5.41, 5.74) is 1.51. The van der Waals surface area contributed by atoms with Gasteiger partial charge in [-0.2, -0.15) is 0 Å². The highest BCUT2D eigenvalue weighted by Gasteiger charge is 2.64. The van der Waals surface area contributed by atoms with Gasteiger partial charge in [0.1, 0.15) is 5.82 Å². The zero-order valence-corrected chi connectivity index (χ0v) is 13.2. The number of hydrogen-bond donors (Lipinski definition) is 1. The zero-order chi connectivity index (χ0) is 15.4. The van der Waals surface area contributed by atoms with Crippen LogP contribution in [-0.2, 0) is 11.3 Å². The van der Waals surface area contributed by atoms with Gasteiger partial charge in [-0.15, -0.1) is 0 Å². The van der Waals surface area contributed by atoms with Crippen LogP contribution >= 0.6 is 11.6 Å². The molecule has 0 aliphatic heterocycles. The Morgan fingerprint density at radius 1 is 1.48 bits per heavy atom. The predicted octanol–water partition coefficient (Wildman–Crippen LogP) is 3.92. The largest absolute Gasteiger partial charge is 0.481 e. The minimum absolute atomic E-state index is 0.0509. The van der Waals surface area contributed by atoms with Gasteiger partial charge in [0.05, 0.1) is 22.0 Å². The average Bonchev–Trinajstić information content (AvgIpc) is 2.79. The first kappa shape index (κ1) is 14.4. The Morgan fingerprint density at radius 2 is 2.19 bits per heavy atom. The minimum atomic E-state index is -0.744. The Bertz CT molecular complexity index is 720. The Kier molecular flexibility index (Phi) is 3.24. The van der Waals surface area contributed by atoms with Crippen molar-refractivity contribution in [3.63, 3.8) is 0 Å². The van der Waals surface area contributed by atoms with Crippen molar-refractivity contribution in [2.75, 3.05) is 0 Å². The monoisotopic (exact) mass is 306 g/mol. The molecule has 1 N–H and O–H groups in total. The molecule has 2 aromatic rings. The van der Waals surface area contributed by atoms with E-state index in [-0.39, 0.29) is 17.3 Å². The summed E-state index contributed by atoms with van der Waals surface area (Å²) in [4.78, 5) is 16.1. The average molecular weight is 307 g/mol. The molecule has 1 heterocycles. The summed E-state index contributed by atoms with van der Waals surface area (Å²) in [5, 5.41) is 10.1. The smallest absolute Gasteiger partial charge is 0.307 e. The number of aryl methyl sites for hydroxylation is 1. The lowest BCUT2D eigenvalue weighted by Crippen LogP contribution is -2.06. The Balaban J connectivity index is 2.18. The van der Waals surface area contributed by atoms with Crippen LogP contribution in [0, 0.1) is 11.3 Å². The maximum Gasteiger partial charge on any atom is 0.307 e. The molecular formula is C16H19ClN2O2. The van der Waals surface area contributed by atoms with Gasteiger partial charge >= 0.3 is 5.97 Å². The first-order valence-electron chi connectivity index (χ1n) is 7.27. The molecule has 0 spiro atoms. The number of carboxylic acid groups (broad SMARTS) is 1. The molecule has 1 fully saturated rings. The van der Waals surface area contributed by atoms with Gasteiger partial charge in [-0.25, -0.2) is 4.98 Å². The number of halogens is 1. The second kappa shape index (κ2) is 4.73. The van der Waals surface area contributed by atoms with Crippen LogP contribution in [0.3, 0.4) is 0 Å². The van der Waals surface area contributed by atoms with Gasteiger partial charge in [-0.1, -0.05) is 38.4 Å². The molecule has 0 bridgehead atoms. The van der Waals surface area contributed by atoms with Crippen molar-refractivity contribution >= 4 is 28.6 Å². The van der Waals surface area contributed by atoms with Crippen LogP contribution in [-0.4, -0.2) is 20.6 Å². The van der Waals surface area contributed by atoms with E-state index in [1.54, 1.807) is 0 Å². The first-order valence-corrected chi connectivity index (χ1v) is 7.64. The molecule has 5 heteroatoms. The molecule has 3 rings (SSSR count). The molecule has 0 radical (unpaired) electrons. The lowest BCUT2D eigenvalue weighted by atomic mass is 10.1. The second-order valence-electron chi connectivity index (χ2n) is 6.34. The topological polar surface area (TPSA) is 55.1 Å². The van der Waals surface area contributed by atoms with E-state index in [1.165, 1.54) is 0 Å². The van der Waals surface area contributed by atoms with Gasteiger partial charge in [-0.3, -0.25) is 4.79 Å². The van der Waals surface area contributed by atoms with Gasteiger partial charge in [0, 0.05) is 12.5 Å². The maximum absolute atomic E-state index is 11.4. The standard InChI is InChI=1S/C16H19ClN2O2/c1-4-8-19-13-9(17)6-5-7-10(13)18-14(19)11-12(15(20)21)16(11,2)3/h5-7,11-12H,4,8H2,1-3H3,(H,20,21). The second-order valence-corrected chi connectivity index (χ2v) is 6.75. The van der Waals surface area contributed by atoms with Gasteiger partial charge in [0.15, 0.2) is 0 Å². The fourth-order valence-corrected chi connectivity index (χ4v) is 3.70. The van der Waals surface area contributed by atoms with Crippen LogP contribution in [0.5, 0.6) is 0 Å². The molecule has 0 amide bonds. The van der Waals surface area contributed by atoms with Crippen LogP contribution < -0.4 is 0 Å². The molecule has 2 unspecified atom stereocenters. The van der Waals surface area contributed by atoms with E-state index in [2.05, 4.69) is 11.5 Å². The zero-order valence-electron chi connectivity index (χ0n) is 12.4. The predicted molar refractivity (Wildman–Crippen MR) is 82.7 cm³/mol. The number of nitrogens with zero attached hydrogens (tertiary/aromatic N) is 2. The van der Waals surface area contributed by atoms with Crippen LogP contribution in [0.4, 0.5) is 0 Å². The van der Waals surface area contributed by atoms with Crippen LogP contribution in [0.2, 0.25) is 5.02 Å². The van der Waals surface area contributed by atoms with Gasteiger partial charge in [0.2, 0.25) is 0 Å². The van der Waals surface area contributed by atoms with Crippen LogP contribution in [0.25, 0.3) is 11.0 Å². The molecule has 112 valence electrons. The summed E-state index contributed by atoms with van der Waals surface area (Å²) in [6.07, 6.45) is 0.953. The van der Waals surface area contributed by atoms with E-state index in [0.29, 0.717) is 5.02 Å². The van der Waals surface area contributed by atoms with E-state index >= 15 is 0 Å². The number of fused-ring (bicyclic) bond motifs is 1. The molecule has 1 aromatic carbocycles. The van der Waals surface area contributed by atoms with Crippen LogP contribution in [0.15, 0.2) is 18.2 Å². The van der Waals surface area contributed by atoms with Crippen molar-refractivity contribution in [2.24, 2.45) is 11.3 Å². The SMILES string of the molecule is CCCn1c(C2C(C(=O)O)C2(C)C)nc2cccc(Cl)c21. The van der Waals surface area contributed by atoms with Gasteiger partial charge < -0.3 is 9.67 Å². The van der Waals surface area contributed by atoms with E-state index in [1.807, 2.05) is 32.0 Å². The summed E-state index contributed by atoms with van der Waals surface area (Å²) in [6.45, 7) is 6.88. The molecular weight excluding hydrogens is 288 g/mol. The summed E-state index contributed by atoms with van der Waals surface area (Å²) in [7, 11) is 0. The third-order valence-electron chi connectivity index (χ3n) is 4.57. The van der Waals surface area contributed by atoms with Crippen molar-refractivity contribution in [3.8, 4) is 0 Å². The molecule has 21 heavy (non-hydrogen) atoms. The lowest BCUT2D eigenvalue weighted by Gasteiger charge is -2.09. The van der Waals surface area contributed by atoms with E-state index < -0.39 is 5.97 Å². The number of carboxylic acids is 1. The molecule has 2 atom stereocenters. The third-order valence-corrected chi connectivity index (χ3v) is 4.87. The molecule has 1 aromatic heterocycles. The van der Waals surface area contributed by atoms with Crippen LogP contribution in [0.1, 0.15) is 38.9 Å². The van der Waals surface area contributed by atoms with Gasteiger partial charge in [0.25, 0.3) is 0 Å². The number of para-hydroxylation sites is 1. The fraction of sp³-hybridized carbons (Fsp3) is 0.500. The number of hydrogen-bond acceptors (Lipinski definition) is 2. The molecule has 4 nitrogen and oxygen atoms in total. The summed E-state index contributed by atoms with van der Waals surface area (Å²) in [5.74, 6) is -0.308. The Hall–Kier alpha value is -1.55. The van der Waals surface area contributed by atoms with Crippen molar-refractivity contribution in [1.82, 2.24) is 9.55 Å². The first-order chi connectivity index (χ1) is 9.89. The quantitative estimate of drug-likeness (QED) is 0.931. The molecule has 1 aliphatic rings. The highest BCUT2D eigenvalue weighted by Crippen LogP contribution is 2.64.